The van der Waals surface area contributed by atoms with Crippen molar-refractivity contribution in [1.29, 1.82) is 0 Å². The van der Waals surface area contributed by atoms with Gasteiger partial charge in [-0.15, -0.1) is 0 Å². The average Bonchev–Trinajstić information content (AvgIpc) is 2.90. The van der Waals surface area contributed by atoms with Crippen LogP contribution in [0.2, 0.25) is 0 Å². The zero-order valence-corrected chi connectivity index (χ0v) is 17.1. The number of carbonyl (C=O) groups is 2. The number of phenolic OH excluding ortho intramolecular Hbond substituents is 1. The number of methoxy groups -OCH3 is 2. The van der Waals surface area contributed by atoms with Crippen LogP contribution < -0.4 is 15.4 Å². The number of nitrogens with one attached hydrogen (secondary N) is 2. The highest BCUT2D eigenvalue weighted by molar-refractivity contribution is 6.11. The van der Waals surface area contributed by atoms with E-state index in [1.54, 1.807) is 18.2 Å². The second-order valence-corrected chi connectivity index (χ2v) is 7.58. The number of ketones is 1. The van der Waals surface area contributed by atoms with Gasteiger partial charge in [0.15, 0.2) is 17.3 Å². The third-order valence-electron chi connectivity index (χ3n) is 5.79. The molecule has 7 heteroatoms. The van der Waals surface area contributed by atoms with Gasteiger partial charge in [-0.1, -0.05) is 31.2 Å². The number of aromatic hydroxyl groups is 1. The van der Waals surface area contributed by atoms with E-state index in [0.29, 0.717) is 23.3 Å². The minimum atomic E-state index is -0.895. The van der Waals surface area contributed by atoms with Crippen molar-refractivity contribution < 1.29 is 24.2 Å². The lowest BCUT2D eigenvalue weighted by atomic mass is 9.74. The highest BCUT2D eigenvalue weighted by atomic mass is 16.5. The Balaban J connectivity index is 1.91. The summed E-state index contributed by atoms with van der Waals surface area (Å²) in [5.41, 5.74) is 3.26. The Morgan fingerprint density at radius 1 is 1.10 bits per heavy atom. The van der Waals surface area contributed by atoms with E-state index in [-0.39, 0.29) is 17.5 Å². The molecule has 0 unspecified atom stereocenters. The van der Waals surface area contributed by atoms with Gasteiger partial charge >= 0.3 is 5.97 Å². The minimum Gasteiger partial charge on any atom is -0.504 e. The van der Waals surface area contributed by atoms with Gasteiger partial charge in [0.2, 0.25) is 0 Å². The maximum Gasteiger partial charge on any atom is 0.316 e. The fourth-order valence-electron chi connectivity index (χ4n) is 4.30. The molecular weight excluding hydrogens is 384 g/mol. The number of allylic oxidation sites excluding steroid dienone is 1. The Morgan fingerprint density at radius 3 is 2.53 bits per heavy atom. The van der Waals surface area contributed by atoms with E-state index in [1.165, 1.54) is 14.2 Å². The Bertz CT molecular complexity index is 1050. The molecule has 0 amide bonds. The molecule has 0 saturated heterocycles. The van der Waals surface area contributed by atoms with Crippen LogP contribution in [-0.4, -0.2) is 31.1 Å². The molecule has 3 atom stereocenters. The first-order chi connectivity index (χ1) is 14.5. The molecule has 156 valence electrons. The van der Waals surface area contributed by atoms with Crippen LogP contribution in [0.25, 0.3) is 0 Å². The molecule has 0 fully saturated rings. The summed E-state index contributed by atoms with van der Waals surface area (Å²) in [4.78, 5) is 26.0. The number of carbonyl (C=O) groups excluding carboxylic acids is 2. The van der Waals surface area contributed by atoms with E-state index in [0.717, 1.165) is 17.1 Å². The van der Waals surface area contributed by atoms with Crippen LogP contribution in [-0.2, 0) is 14.3 Å². The van der Waals surface area contributed by atoms with E-state index in [2.05, 4.69) is 10.6 Å². The highest BCUT2D eigenvalue weighted by Crippen LogP contribution is 2.46. The first-order valence-electron chi connectivity index (χ1n) is 9.79. The Labute approximate surface area is 174 Å². The zero-order chi connectivity index (χ0) is 21.4. The van der Waals surface area contributed by atoms with Gasteiger partial charge in [-0.2, -0.15) is 0 Å². The first kappa shape index (κ1) is 19.8. The Morgan fingerprint density at radius 2 is 1.83 bits per heavy atom. The molecule has 30 heavy (non-hydrogen) atoms. The average molecular weight is 408 g/mol. The van der Waals surface area contributed by atoms with Gasteiger partial charge in [0.05, 0.1) is 31.6 Å². The van der Waals surface area contributed by atoms with Crippen molar-refractivity contribution in [1.82, 2.24) is 0 Å². The zero-order valence-electron chi connectivity index (χ0n) is 17.1. The van der Waals surface area contributed by atoms with Gasteiger partial charge in [0, 0.05) is 16.8 Å². The fourth-order valence-corrected chi connectivity index (χ4v) is 4.30. The summed E-state index contributed by atoms with van der Waals surface area (Å²) in [5, 5.41) is 17.6. The number of benzene rings is 2. The van der Waals surface area contributed by atoms with Crippen LogP contribution in [0.1, 0.15) is 24.9 Å². The molecule has 0 radical (unpaired) electrons. The summed E-state index contributed by atoms with van der Waals surface area (Å²) in [6.07, 6.45) is 0.498. The smallest absolute Gasteiger partial charge is 0.316 e. The van der Waals surface area contributed by atoms with Crippen molar-refractivity contribution in [3.63, 3.8) is 0 Å². The lowest BCUT2D eigenvalue weighted by molar-refractivity contribution is -0.151. The van der Waals surface area contributed by atoms with Crippen LogP contribution in [0.4, 0.5) is 11.4 Å². The maximum atomic E-state index is 13.6. The summed E-state index contributed by atoms with van der Waals surface area (Å²) in [6.45, 7) is 1.87. The normalized spacial score (nSPS) is 22.8. The van der Waals surface area contributed by atoms with Crippen molar-refractivity contribution in [2.75, 3.05) is 24.9 Å². The van der Waals surface area contributed by atoms with Crippen LogP contribution in [0, 0.1) is 11.8 Å². The number of hydrogen-bond donors (Lipinski definition) is 3. The molecule has 2 aromatic rings. The SMILES string of the molecule is COC(=O)[C@H]1C(=O)C2=C(C[C@@H]1C)Nc1ccccc1N[C@@H]2c1cccc(OC)c1O. The molecule has 0 bridgehead atoms. The van der Waals surface area contributed by atoms with E-state index in [9.17, 15) is 14.7 Å². The quantitative estimate of drug-likeness (QED) is 0.527. The van der Waals surface area contributed by atoms with Crippen molar-refractivity contribution in [3.8, 4) is 11.5 Å². The predicted octanol–water partition coefficient (Wildman–Crippen LogP) is 3.63. The molecule has 1 aliphatic carbocycles. The van der Waals surface area contributed by atoms with E-state index in [4.69, 9.17) is 9.47 Å². The minimum absolute atomic E-state index is 0.0511. The van der Waals surface area contributed by atoms with Gasteiger partial charge in [-0.3, -0.25) is 9.59 Å². The summed E-state index contributed by atoms with van der Waals surface area (Å²) in [5.74, 6) is -1.72. The number of Topliss-reactive ketones (excluding diaryl/α,β-unsaturated/α-hetero) is 1. The van der Waals surface area contributed by atoms with Gasteiger partial charge in [-0.25, -0.2) is 0 Å². The number of ether oxygens (including phenoxy) is 2. The lowest BCUT2D eigenvalue weighted by Crippen LogP contribution is -2.39. The largest absolute Gasteiger partial charge is 0.504 e. The number of anilines is 2. The molecule has 1 aliphatic heterocycles. The van der Waals surface area contributed by atoms with Gasteiger partial charge in [0.1, 0.15) is 5.92 Å². The highest BCUT2D eigenvalue weighted by Gasteiger charge is 2.44. The molecule has 4 rings (SSSR count). The fraction of sp³-hybridized carbons (Fsp3) is 0.304. The molecule has 7 nitrogen and oxygen atoms in total. The molecule has 2 aromatic carbocycles. The van der Waals surface area contributed by atoms with Crippen molar-refractivity contribution in [2.24, 2.45) is 11.8 Å². The van der Waals surface area contributed by atoms with Crippen LogP contribution >= 0.6 is 0 Å². The van der Waals surface area contributed by atoms with E-state index >= 15 is 0 Å². The molecule has 3 N–H and O–H groups in total. The maximum absolute atomic E-state index is 13.6. The number of hydrogen-bond acceptors (Lipinski definition) is 7. The summed E-state index contributed by atoms with van der Waals surface area (Å²) in [6, 6.07) is 12.1. The number of esters is 1. The molecule has 2 aliphatic rings. The number of para-hydroxylation sites is 3. The molecule has 0 saturated carbocycles. The summed E-state index contributed by atoms with van der Waals surface area (Å²) >= 11 is 0. The van der Waals surface area contributed by atoms with Crippen LogP contribution in [0.5, 0.6) is 11.5 Å². The summed E-state index contributed by atoms with van der Waals surface area (Å²) < 4.78 is 10.2. The Kier molecular flexibility index (Phi) is 5.11. The third kappa shape index (κ3) is 3.16. The topological polar surface area (TPSA) is 96.9 Å². The van der Waals surface area contributed by atoms with Gasteiger partial charge in [-0.05, 0) is 30.5 Å². The van der Waals surface area contributed by atoms with Gasteiger partial charge in [0.25, 0.3) is 0 Å². The lowest BCUT2D eigenvalue weighted by Gasteiger charge is -2.32. The van der Waals surface area contributed by atoms with Crippen molar-refractivity contribution in [3.05, 3.63) is 59.3 Å². The van der Waals surface area contributed by atoms with Crippen LogP contribution in [0.3, 0.4) is 0 Å². The number of phenols is 1. The third-order valence-corrected chi connectivity index (χ3v) is 5.79. The van der Waals surface area contributed by atoms with Gasteiger partial charge < -0.3 is 25.2 Å². The molecule has 0 aromatic heterocycles. The molecule has 1 heterocycles. The second kappa shape index (κ2) is 7.74. The summed E-state index contributed by atoms with van der Waals surface area (Å²) in [7, 11) is 2.76. The monoisotopic (exact) mass is 408 g/mol. The number of rotatable bonds is 3. The first-order valence-corrected chi connectivity index (χ1v) is 9.79. The molecular formula is C23H24N2O5. The van der Waals surface area contributed by atoms with Crippen molar-refractivity contribution in [2.45, 2.75) is 19.4 Å². The second-order valence-electron chi connectivity index (χ2n) is 7.58. The van der Waals surface area contributed by atoms with Crippen molar-refractivity contribution >= 4 is 23.1 Å². The predicted molar refractivity (Wildman–Crippen MR) is 112 cm³/mol. The Hall–Kier alpha value is -3.48. The molecule has 0 spiro atoms. The van der Waals surface area contributed by atoms with Crippen LogP contribution in [0.15, 0.2) is 53.7 Å². The van der Waals surface area contributed by atoms with E-state index in [1.807, 2.05) is 31.2 Å². The standard InChI is InChI=1S/C23H24N2O5/c1-12-11-16-19(22(27)18(12)23(28)30-3)20(13-7-6-10-17(29-2)21(13)26)25-15-9-5-4-8-14(15)24-16/h4-10,12,18,20,24-26H,11H2,1-3H3/t12-,18+,20+/m0/s1. The van der Waals surface area contributed by atoms with E-state index < -0.39 is 17.9 Å². The number of fused-ring (bicyclic) bond motifs is 1.